The van der Waals surface area contributed by atoms with Gasteiger partial charge < -0.3 is 16.0 Å². The highest BCUT2D eigenvalue weighted by Gasteiger charge is 2.23. The summed E-state index contributed by atoms with van der Waals surface area (Å²) in [5, 5.41) is 3.27. The quantitative estimate of drug-likeness (QED) is 0.700. The number of carbonyl (C=O) groups excluding carboxylic acids is 1. The second-order valence-electron chi connectivity index (χ2n) is 4.72. The zero-order chi connectivity index (χ0) is 11.4. The highest BCUT2D eigenvalue weighted by atomic mass is 16.1. The van der Waals surface area contributed by atoms with E-state index >= 15 is 0 Å². The first-order valence-electron chi connectivity index (χ1n) is 5.74. The number of carbonyl (C=O) groups is 1. The number of hydrogen-bond donors (Lipinski definition) is 2. The molecule has 0 bridgehead atoms. The van der Waals surface area contributed by atoms with Crippen LogP contribution in [0.1, 0.15) is 26.7 Å². The predicted octanol–water partition coefficient (Wildman–Crippen LogP) is 0.180. The molecular weight excluding hydrogens is 190 g/mol. The minimum absolute atomic E-state index is 0.223. The molecule has 0 spiro atoms. The largest absolute Gasteiger partial charge is 0.368 e. The standard InChI is InChI=1S/C11H23N3O/c1-8(13-9(2)11(12)15)10-4-6-14(3)7-5-10/h8-10,13H,4-7H2,1-3H3,(H2,12,15). The number of primary amides is 1. The average molecular weight is 213 g/mol. The SMILES string of the molecule is CC(NC(C)C1CCN(C)CC1)C(N)=O. The Balaban J connectivity index is 2.33. The van der Waals surface area contributed by atoms with E-state index in [1.54, 1.807) is 0 Å². The number of nitrogens with one attached hydrogen (secondary N) is 1. The van der Waals surface area contributed by atoms with Gasteiger partial charge in [0.2, 0.25) is 5.91 Å². The third-order valence-electron chi connectivity index (χ3n) is 3.41. The Morgan fingerprint density at radius 1 is 1.40 bits per heavy atom. The number of likely N-dealkylation sites (tertiary alicyclic amines) is 1. The zero-order valence-electron chi connectivity index (χ0n) is 9.99. The Bertz CT molecular complexity index is 212. The van der Waals surface area contributed by atoms with Crippen LogP contribution in [0.4, 0.5) is 0 Å². The highest BCUT2D eigenvalue weighted by Crippen LogP contribution is 2.19. The number of nitrogens with zero attached hydrogens (tertiary/aromatic N) is 1. The molecule has 1 aliphatic heterocycles. The van der Waals surface area contributed by atoms with Crippen molar-refractivity contribution in [3.05, 3.63) is 0 Å². The van der Waals surface area contributed by atoms with Crippen LogP contribution in [0.2, 0.25) is 0 Å². The molecule has 88 valence electrons. The molecule has 3 N–H and O–H groups in total. The van der Waals surface area contributed by atoms with Crippen molar-refractivity contribution in [1.82, 2.24) is 10.2 Å². The van der Waals surface area contributed by atoms with Crippen LogP contribution in [-0.4, -0.2) is 43.0 Å². The van der Waals surface area contributed by atoms with Gasteiger partial charge in [-0.3, -0.25) is 4.79 Å². The maximum Gasteiger partial charge on any atom is 0.234 e. The fourth-order valence-electron chi connectivity index (χ4n) is 2.14. The molecule has 1 amide bonds. The summed E-state index contributed by atoms with van der Waals surface area (Å²) in [6.07, 6.45) is 2.41. The second kappa shape index (κ2) is 5.47. The molecule has 1 aliphatic rings. The van der Waals surface area contributed by atoms with Crippen molar-refractivity contribution in [2.45, 2.75) is 38.8 Å². The minimum atomic E-state index is -0.269. The van der Waals surface area contributed by atoms with Gasteiger partial charge in [0.05, 0.1) is 6.04 Å². The van der Waals surface area contributed by atoms with E-state index in [1.165, 1.54) is 12.8 Å². The van der Waals surface area contributed by atoms with E-state index in [0.717, 1.165) is 13.1 Å². The molecule has 0 saturated carbocycles. The summed E-state index contributed by atoms with van der Waals surface area (Å²) in [7, 11) is 2.15. The van der Waals surface area contributed by atoms with Crippen molar-refractivity contribution in [3.63, 3.8) is 0 Å². The van der Waals surface area contributed by atoms with Crippen molar-refractivity contribution in [1.29, 1.82) is 0 Å². The Labute approximate surface area is 92.2 Å². The molecule has 2 unspecified atom stereocenters. The molecule has 0 aromatic heterocycles. The first kappa shape index (κ1) is 12.5. The summed E-state index contributed by atoms with van der Waals surface area (Å²) in [6.45, 7) is 6.28. The van der Waals surface area contributed by atoms with Crippen molar-refractivity contribution >= 4 is 5.91 Å². The Morgan fingerprint density at radius 3 is 2.40 bits per heavy atom. The first-order valence-corrected chi connectivity index (χ1v) is 5.74. The number of amides is 1. The van der Waals surface area contributed by atoms with Crippen LogP contribution < -0.4 is 11.1 Å². The van der Waals surface area contributed by atoms with Crippen LogP contribution in [0.3, 0.4) is 0 Å². The van der Waals surface area contributed by atoms with Gasteiger partial charge in [-0.25, -0.2) is 0 Å². The van der Waals surface area contributed by atoms with E-state index in [-0.39, 0.29) is 11.9 Å². The monoisotopic (exact) mass is 213 g/mol. The van der Waals surface area contributed by atoms with Crippen molar-refractivity contribution in [3.8, 4) is 0 Å². The third kappa shape index (κ3) is 3.80. The molecule has 1 fully saturated rings. The second-order valence-corrected chi connectivity index (χ2v) is 4.72. The lowest BCUT2D eigenvalue weighted by Crippen LogP contribution is -2.48. The summed E-state index contributed by atoms with van der Waals surface area (Å²) < 4.78 is 0. The van der Waals surface area contributed by atoms with Gasteiger partial charge >= 0.3 is 0 Å². The van der Waals surface area contributed by atoms with Crippen LogP contribution in [0, 0.1) is 5.92 Å². The minimum Gasteiger partial charge on any atom is -0.368 e. The summed E-state index contributed by atoms with van der Waals surface area (Å²) in [4.78, 5) is 13.3. The number of nitrogens with two attached hydrogens (primary N) is 1. The summed E-state index contributed by atoms with van der Waals surface area (Å²) in [5.41, 5.74) is 5.23. The van der Waals surface area contributed by atoms with Gasteiger partial charge in [-0.1, -0.05) is 0 Å². The summed E-state index contributed by atoms with van der Waals surface area (Å²) in [6, 6.07) is 0.154. The van der Waals surface area contributed by atoms with Gasteiger partial charge in [-0.05, 0) is 52.7 Å². The van der Waals surface area contributed by atoms with Crippen LogP contribution in [0.15, 0.2) is 0 Å². The smallest absolute Gasteiger partial charge is 0.234 e. The Kier molecular flexibility index (Phi) is 4.54. The molecule has 15 heavy (non-hydrogen) atoms. The van der Waals surface area contributed by atoms with Crippen molar-refractivity contribution in [2.24, 2.45) is 11.7 Å². The molecule has 0 radical (unpaired) electrons. The van der Waals surface area contributed by atoms with Gasteiger partial charge in [-0.2, -0.15) is 0 Å². The van der Waals surface area contributed by atoms with E-state index in [0.29, 0.717) is 12.0 Å². The van der Waals surface area contributed by atoms with Crippen LogP contribution in [0.25, 0.3) is 0 Å². The number of hydrogen-bond acceptors (Lipinski definition) is 3. The molecule has 1 saturated heterocycles. The van der Waals surface area contributed by atoms with E-state index in [4.69, 9.17) is 5.73 Å². The predicted molar refractivity (Wildman–Crippen MR) is 61.5 cm³/mol. The van der Waals surface area contributed by atoms with Gasteiger partial charge in [0.1, 0.15) is 0 Å². The lowest BCUT2D eigenvalue weighted by atomic mass is 9.90. The van der Waals surface area contributed by atoms with Gasteiger partial charge in [0.25, 0.3) is 0 Å². The molecule has 4 heteroatoms. The molecule has 0 aromatic carbocycles. The van der Waals surface area contributed by atoms with E-state index in [9.17, 15) is 4.79 Å². The highest BCUT2D eigenvalue weighted by molar-refractivity contribution is 5.79. The Hall–Kier alpha value is -0.610. The third-order valence-corrected chi connectivity index (χ3v) is 3.41. The van der Waals surface area contributed by atoms with Crippen molar-refractivity contribution < 1.29 is 4.79 Å². The molecule has 4 nitrogen and oxygen atoms in total. The van der Waals surface area contributed by atoms with Crippen LogP contribution >= 0.6 is 0 Å². The van der Waals surface area contributed by atoms with E-state index in [1.807, 2.05) is 6.92 Å². The van der Waals surface area contributed by atoms with Crippen LogP contribution in [0.5, 0.6) is 0 Å². The fraction of sp³-hybridized carbons (Fsp3) is 0.909. The van der Waals surface area contributed by atoms with Crippen molar-refractivity contribution in [2.75, 3.05) is 20.1 Å². The maximum atomic E-state index is 10.9. The van der Waals surface area contributed by atoms with E-state index < -0.39 is 0 Å². The fourth-order valence-corrected chi connectivity index (χ4v) is 2.14. The first-order chi connectivity index (χ1) is 7.00. The topological polar surface area (TPSA) is 58.4 Å². The normalized spacial score (nSPS) is 23.7. The summed E-state index contributed by atoms with van der Waals surface area (Å²) >= 11 is 0. The molecule has 2 atom stereocenters. The lowest BCUT2D eigenvalue weighted by Gasteiger charge is -2.34. The Morgan fingerprint density at radius 2 is 1.93 bits per heavy atom. The molecule has 1 heterocycles. The van der Waals surface area contributed by atoms with E-state index in [2.05, 4.69) is 24.2 Å². The van der Waals surface area contributed by atoms with Crippen LogP contribution in [-0.2, 0) is 4.79 Å². The lowest BCUT2D eigenvalue weighted by molar-refractivity contribution is -0.119. The molecule has 0 aliphatic carbocycles. The zero-order valence-corrected chi connectivity index (χ0v) is 9.99. The molecular formula is C11H23N3O. The average Bonchev–Trinajstić information content (AvgIpc) is 2.18. The van der Waals surface area contributed by atoms with Gasteiger partial charge in [-0.15, -0.1) is 0 Å². The van der Waals surface area contributed by atoms with Gasteiger partial charge in [0, 0.05) is 6.04 Å². The van der Waals surface area contributed by atoms with Gasteiger partial charge in [0.15, 0.2) is 0 Å². The number of piperidine rings is 1. The maximum absolute atomic E-state index is 10.9. The summed E-state index contributed by atoms with van der Waals surface area (Å²) in [5.74, 6) is 0.401. The number of rotatable bonds is 4. The molecule has 0 aromatic rings. The molecule has 1 rings (SSSR count).